The van der Waals surface area contributed by atoms with Gasteiger partial charge in [0, 0.05) is 18.2 Å². The average molecular weight is 221 g/mol. The summed E-state index contributed by atoms with van der Waals surface area (Å²) in [5.74, 6) is 0.841. The molecule has 1 saturated carbocycles. The molecule has 1 heterocycles. The van der Waals surface area contributed by atoms with E-state index in [9.17, 15) is 5.11 Å². The van der Waals surface area contributed by atoms with Gasteiger partial charge in [-0.3, -0.25) is 0 Å². The molecule has 1 fully saturated rings. The molecule has 2 rings (SSSR count). The Balaban J connectivity index is 1.92. The maximum Gasteiger partial charge on any atom is 0.129 e. The van der Waals surface area contributed by atoms with E-state index in [-0.39, 0.29) is 12.0 Å². The Morgan fingerprint density at radius 3 is 2.75 bits per heavy atom. The van der Waals surface area contributed by atoms with Gasteiger partial charge in [0.05, 0.1) is 6.61 Å². The predicted octanol–water partition coefficient (Wildman–Crippen LogP) is 1.83. The first-order valence-corrected chi connectivity index (χ1v) is 5.95. The van der Waals surface area contributed by atoms with Gasteiger partial charge in [-0.2, -0.15) is 0 Å². The molecule has 1 aliphatic rings. The number of hydrogen-bond donors (Lipinski definition) is 2. The second-order valence-electron chi connectivity index (χ2n) is 4.67. The van der Waals surface area contributed by atoms with Gasteiger partial charge in [0.25, 0.3) is 0 Å². The van der Waals surface area contributed by atoms with Crippen LogP contribution in [0.3, 0.4) is 0 Å². The largest absolute Gasteiger partial charge is 0.396 e. The molecule has 0 aliphatic heterocycles. The Bertz CT molecular complexity index is 309. The normalized spacial score (nSPS) is 19.3. The van der Waals surface area contributed by atoms with Crippen LogP contribution in [-0.4, -0.2) is 28.2 Å². The molecule has 1 aromatic rings. The van der Waals surface area contributed by atoms with E-state index in [0.29, 0.717) is 0 Å². The highest BCUT2D eigenvalue weighted by Crippen LogP contribution is 2.35. The highest BCUT2D eigenvalue weighted by atomic mass is 16.3. The van der Waals surface area contributed by atoms with Gasteiger partial charge in [0.15, 0.2) is 0 Å². The van der Waals surface area contributed by atoms with E-state index in [0.717, 1.165) is 25.2 Å². The molecule has 0 unspecified atom stereocenters. The number of aliphatic hydroxyl groups excluding tert-OH is 1. The SMILES string of the molecule is OCC1(CNc2ccncn2)CCCCC1. The van der Waals surface area contributed by atoms with Gasteiger partial charge in [-0.1, -0.05) is 19.3 Å². The van der Waals surface area contributed by atoms with Crippen molar-refractivity contribution in [3.05, 3.63) is 18.6 Å². The zero-order valence-electron chi connectivity index (χ0n) is 9.52. The van der Waals surface area contributed by atoms with Crippen molar-refractivity contribution in [1.82, 2.24) is 9.97 Å². The Hall–Kier alpha value is -1.16. The quantitative estimate of drug-likeness (QED) is 0.814. The maximum absolute atomic E-state index is 9.55. The van der Waals surface area contributed by atoms with Gasteiger partial charge in [-0.05, 0) is 18.9 Å². The first-order valence-electron chi connectivity index (χ1n) is 5.95. The molecular weight excluding hydrogens is 202 g/mol. The number of nitrogens with one attached hydrogen (secondary N) is 1. The van der Waals surface area contributed by atoms with Crippen molar-refractivity contribution in [2.45, 2.75) is 32.1 Å². The van der Waals surface area contributed by atoms with Crippen LogP contribution >= 0.6 is 0 Å². The molecule has 0 bridgehead atoms. The number of rotatable bonds is 4. The van der Waals surface area contributed by atoms with E-state index in [1.807, 2.05) is 6.07 Å². The summed E-state index contributed by atoms with van der Waals surface area (Å²) in [5.41, 5.74) is 0.0587. The van der Waals surface area contributed by atoms with Crippen molar-refractivity contribution >= 4 is 5.82 Å². The number of nitrogens with zero attached hydrogens (tertiary/aromatic N) is 2. The first-order chi connectivity index (χ1) is 7.85. The fraction of sp³-hybridized carbons (Fsp3) is 0.667. The minimum atomic E-state index is 0.0587. The summed E-state index contributed by atoms with van der Waals surface area (Å²) in [4.78, 5) is 8.00. The first kappa shape index (κ1) is 11.3. The number of hydrogen-bond acceptors (Lipinski definition) is 4. The van der Waals surface area contributed by atoms with Crippen molar-refractivity contribution in [1.29, 1.82) is 0 Å². The molecule has 0 saturated heterocycles. The Labute approximate surface area is 96.1 Å². The summed E-state index contributed by atoms with van der Waals surface area (Å²) in [6, 6.07) is 1.86. The summed E-state index contributed by atoms with van der Waals surface area (Å²) in [6.45, 7) is 1.07. The Morgan fingerprint density at radius 2 is 2.12 bits per heavy atom. The minimum Gasteiger partial charge on any atom is -0.396 e. The highest BCUT2D eigenvalue weighted by molar-refractivity contribution is 5.31. The zero-order valence-corrected chi connectivity index (χ0v) is 9.52. The van der Waals surface area contributed by atoms with Gasteiger partial charge in [-0.15, -0.1) is 0 Å². The standard InChI is InChI=1S/C12H19N3O/c16-9-12(5-2-1-3-6-12)8-14-11-4-7-13-10-15-11/h4,7,10,16H,1-3,5-6,8-9H2,(H,13,14,15). The topological polar surface area (TPSA) is 58.0 Å². The van der Waals surface area contributed by atoms with E-state index < -0.39 is 0 Å². The molecule has 1 aliphatic carbocycles. The molecule has 0 radical (unpaired) electrons. The maximum atomic E-state index is 9.55. The van der Waals surface area contributed by atoms with Crippen molar-refractivity contribution < 1.29 is 5.11 Å². The summed E-state index contributed by atoms with van der Waals surface area (Å²) in [6.07, 6.45) is 9.24. The molecule has 0 spiro atoms. The monoisotopic (exact) mass is 221 g/mol. The van der Waals surface area contributed by atoms with E-state index in [4.69, 9.17) is 0 Å². The van der Waals surface area contributed by atoms with Gasteiger partial charge in [0.2, 0.25) is 0 Å². The molecule has 1 aromatic heterocycles. The van der Waals surface area contributed by atoms with Gasteiger partial charge < -0.3 is 10.4 Å². The smallest absolute Gasteiger partial charge is 0.129 e. The van der Waals surface area contributed by atoms with Crippen molar-refractivity contribution in [3.63, 3.8) is 0 Å². The van der Waals surface area contributed by atoms with Crippen molar-refractivity contribution in [3.8, 4) is 0 Å². The number of anilines is 1. The lowest BCUT2D eigenvalue weighted by Gasteiger charge is -2.35. The second kappa shape index (κ2) is 5.25. The average Bonchev–Trinajstić information content (AvgIpc) is 2.39. The molecule has 2 N–H and O–H groups in total. The van der Waals surface area contributed by atoms with Gasteiger partial charge >= 0.3 is 0 Å². The lowest BCUT2D eigenvalue weighted by Crippen LogP contribution is -2.35. The Kier molecular flexibility index (Phi) is 3.72. The molecule has 16 heavy (non-hydrogen) atoms. The van der Waals surface area contributed by atoms with Crippen LogP contribution < -0.4 is 5.32 Å². The van der Waals surface area contributed by atoms with Crippen molar-refractivity contribution in [2.75, 3.05) is 18.5 Å². The summed E-state index contributed by atoms with van der Waals surface area (Å²) < 4.78 is 0. The molecule has 0 aromatic carbocycles. The fourth-order valence-corrected chi connectivity index (χ4v) is 2.37. The van der Waals surface area contributed by atoms with Gasteiger partial charge in [0.1, 0.15) is 12.1 Å². The fourth-order valence-electron chi connectivity index (χ4n) is 2.37. The second-order valence-corrected chi connectivity index (χ2v) is 4.67. The van der Waals surface area contributed by atoms with E-state index >= 15 is 0 Å². The highest BCUT2D eigenvalue weighted by Gasteiger charge is 2.31. The predicted molar refractivity (Wildman–Crippen MR) is 63.1 cm³/mol. The summed E-state index contributed by atoms with van der Waals surface area (Å²) in [5, 5.41) is 12.8. The van der Waals surface area contributed by atoms with Crippen LogP contribution in [0, 0.1) is 5.41 Å². The Morgan fingerprint density at radius 1 is 1.31 bits per heavy atom. The summed E-state index contributed by atoms with van der Waals surface area (Å²) in [7, 11) is 0. The van der Waals surface area contributed by atoms with Crippen molar-refractivity contribution in [2.24, 2.45) is 5.41 Å². The third kappa shape index (κ3) is 2.70. The van der Waals surface area contributed by atoms with Crippen LogP contribution in [0.4, 0.5) is 5.82 Å². The summed E-state index contributed by atoms with van der Waals surface area (Å²) >= 11 is 0. The van der Waals surface area contributed by atoms with Crippen LogP contribution in [0.5, 0.6) is 0 Å². The van der Waals surface area contributed by atoms with Gasteiger partial charge in [-0.25, -0.2) is 9.97 Å². The van der Waals surface area contributed by atoms with Crippen LogP contribution in [0.15, 0.2) is 18.6 Å². The lowest BCUT2D eigenvalue weighted by atomic mass is 9.74. The lowest BCUT2D eigenvalue weighted by molar-refractivity contribution is 0.0943. The molecular formula is C12H19N3O. The molecule has 4 heteroatoms. The zero-order chi connectivity index (χ0) is 11.3. The van der Waals surface area contributed by atoms with E-state index in [2.05, 4.69) is 15.3 Å². The van der Waals surface area contributed by atoms with Crippen LogP contribution in [0.25, 0.3) is 0 Å². The third-order valence-corrected chi connectivity index (χ3v) is 3.48. The van der Waals surface area contributed by atoms with Crippen LogP contribution in [0.2, 0.25) is 0 Å². The molecule has 0 amide bonds. The molecule has 4 nitrogen and oxygen atoms in total. The van der Waals surface area contributed by atoms with E-state index in [1.54, 1.807) is 6.20 Å². The van der Waals surface area contributed by atoms with Crippen LogP contribution in [0.1, 0.15) is 32.1 Å². The number of aromatic nitrogens is 2. The molecule has 0 atom stereocenters. The molecule has 88 valence electrons. The minimum absolute atomic E-state index is 0.0587. The van der Waals surface area contributed by atoms with E-state index in [1.165, 1.54) is 25.6 Å². The third-order valence-electron chi connectivity index (χ3n) is 3.48. The number of aliphatic hydroxyl groups is 1. The van der Waals surface area contributed by atoms with Crippen LogP contribution in [-0.2, 0) is 0 Å².